The minimum atomic E-state index is -3.32. The van der Waals surface area contributed by atoms with E-state index in [9.17, 15) is 13.2 Å². The van der Waals surface area contributed by atoms with Crippen molar-refractivity contribution in [3.05, 3.63) is 35.4 Å². The number of hydrogen-bond acceptors (Lipinski definition) is 3. The molecule has 1 aromatic rings. The predicted octanol–water partition coefficient (Wildman–Crippen LogP) is 1.46. The molecule has 0 spiro atoms. The lowest BCUT2D eigenvalue weighted by atomic mass is 10.1. The topological polar surface area (TPSA) is 71.4 Å². The minimum Gasteiger partial charge on any atom is -0.481 e. The molecule has 18 heavy (non-hydrogen) atoms. The number of sulfone groups is 1. The molecule has 0 bridgehead atoms. The highest BCUT2D eigenvalue weighted by Gasteiger charge is 2.61. The van der Waals surface area contributed by atoms with Gasteiger partial charge in [0.25, 0.3) is 0 Å². The average Bonchev–Trinajstić information content (AvgIpc) is 3.04. The number of carboxylic acid groups (broad SMARTS) is 1. The molecule has 2 rings (SSSR count). The van der Waals surface area contributed by atoms with E-state index < -0.39 is 32.9 Å². The molecule has 1 saturated carbocycles. The van der Waals surface area contributed by atoms with Crippen LogP contribution in [0.15, 0.2) is 24.3 Å². The third-order valence-corrected chi connectivity index (χ3v) is 5.08. The lowest BCUT2D eigenvalue weighted by Crippen LogP contribution is -2.10. The largest absolute Gasteiger partial charge is 0.481 e. The first-order chi connectivity index (χ1) is 8.36. The standard InChI is InChI=1S/C13H16O4S/c1-3-8-4-6-9(7-5-8)10-11(13(14)15)12(10)18(2,16)17/h4-7,10-12H,3H2,1-2H3,(H,14,15)/t10-,11+,12+/m1/s1. The molecule has 5 heteroatoms. The summed E-state index contributed by atoms with van der Waals surface area (Å²) in [6.45, 7) is 2.03. The molecule has 0 aromatic heterocycles. The Labute approximate surface area is 107 Å². The first kappa shape index (κ1) is 13.1. The lowest BCUT2D eigenvalue weighted by molar-refractivity contribution is -0.138. The Morgan fingerprint density at radius 3 is 2.17 bits per heavy atom. The zero-order valence-electron chi connectivity index (χ0n) is 10.3. The van der Waals surface area contributed by atoms with Crippen LogP contribution in [0.2, 0.25) is 0 Å². The summed E-state index contributed by atoms with van der Waals surface area (Å²) in [5.74, 6) is -2.23. The van der Waals surface area contributed by atoms with E-state index in [2.05, 4.69) is 0 Å². The van der Waals surface area contributed by atoms with E-state index in [1.165, 1.54) is 0 Å². The second-order valence-corrected chi connectivity index (χ2v) is 6.98. The SMILES string of the molecule is CCc1ccc([C@@H]2[C@H](C(=O)O)[C@H]2S(C)(=O)=O)cc1. The number of aliphatic carboxylic acids is 1. The molecule has 0 unspecified atom stereocenters. The maximum absolute atomic E-state index is 11.6. The number of rotatable bonds is 4. The number of hydrogen-bond donors (Lipinski definition) is 1. The van der Waals surface area contributed by atoms with Crippen LogP contribution in [0.3, 0.4) is 0 Å². The predicted molar refractivity (Wildman–Crippen MR) is 68.3 cm³/mol. The minimum absolute atomic E-state index is 0.400. The van der Waals surface area contributed by atoms with Gasteiger partial charge in [-0.05, 0) is 17.5 Å². The van der Waals surface area contributed by atoms with Crippen LogP contribution in [0.5, 0.6) is 0 Å². The van der Waals surface area contributed by atoms with Crippen LogP contribution in [-0.4, -0.2) is 31.0 Å². The zero-order chi connectivity index (χ0) is 13.5. The summed E-state index contributed by atoms with van der Waals surface area (Å²) in [5, 5.41) is 8.28. The monoisotopic (exact) mass is 268 g/mol. The second-order valence-electron chi connectivity index (χ2n) is 4.78. The van der Waals surface area contributed by atoms with Gasteiger partial charge in [-0.15, -0.1) is 0 Å². The van der Waals surface area contributed by atoms with E-state index in [0.29, 0.717) is 0 Å². The van der Waals surface area contributed by atoms with Crippen LogP contribution >= 0.6 is 0 Å². The molecule has 0 saturated heterocycles. The molecular weight excluding hydrogens is 252 g/mol. The molecule has 3 atom stereocenters. The van der Waals surface area contributed by atoms with Crippen LogP contribution in [0.4, 0.5) is 0 Å². The average molecular weight is 268 g/mol. The highest BCUT2D eigenvalue weighted by Crippen LogP contribution is 2.52. The van der Waals surface area contributed by atoms with Crippen LogP contribution in [0, 0.1) is 5.92 Å². The van der Waals surface area contributed by atoms with Crippen molar-refractivity contribution in [2.45, 2.75) is 24.5 Å². The third kappa shape index (κ3) is 2.27. The Morgan fingerprint density at radius 2 is 1.83 bits per heavy atom. The number of benzene rings is 1. The Kier molecular flexibility index (Phi) is 3.19. The number of carboxylic acids is 1. The van der Waals surface area contributed by atoms with Gasteiger partial charge in [-0.3, -0.25) is 4.79 Å². The normalized spacial score (nSPS) is 26.9. The molecule has 0 aliphatic heterocycles. The molecule has 0 radical (unpaired) electrons. The molecule has 98 valence electrons. The van der Waals surface area contributed by atoms with Gasteiger partial charge in [0.1, 0.15) is 0 Å². The van der Waals surface area contributed by atoms with E-state index >= 15 is 0 Å². The Balaban J connectivity index is 2.30. The maximum Gasteiger partial charge on any atom is 0.308 e. The van der Waals surface area contributed by atoms with Gasteiger partial charge in [0.2, 0.25) is 0 Å². The van der Waals surface area contributed by atoms with Crippen LogP contribution in [-0.2, 0) is 21.1 Å². The van der Waals surface area contributed by atoms with E-state index in [1.807, 2.05) is 31.2 Å². The maximum atomic E-state index is 11.6. The van der Waals surface area contributed by atoms with Crippen molar-refractivity contribution in [3.8, 4) is 0 Å². The van der Waals surface area contributed by atoms with Gasteiger partial charge >= 0.3 is 5.97 Å². The fourth-order valence-electron chi connectivity index (χ4n) is 2.48. The Morgan fingerprint density at radius 1 is 1.28 bits per heavy atom. The molecule has 0 amide bonds. The number of aryl methyl sites for hydroxylation is 1. The quantitative estimate of drug-likeness (QED) is 0.897. The molecule has 1 aromatic carbocycles. The summed E-state index contributed by atoms with van der Waals surface area (Å²) in [6, 6.07) is 7.52. The van der Waals surface area contributed by atoms with Crippen LogP contribution in [0.1, 0.15) is 24.0 Å². The van der Waals surface area contributed by atoms with Crippen molar-refractivity contribution in [2.75, 3.05) is 6.26 Å². The molecule has 1 fully saturated rings. The van der Waals surface area contributed by atoms with Crippen molar-refractivity contribution in [1.82, 2.24) is 0 Å². The van der Waals surface area contributed by atoms with E-state index in [1.54, 1.807) is 0 Å². The molecule has 1 N–H and O–H groups in total. The summed E-state index contributed by atoms with van der Waals surface area (Å²) in [6.07, 6.45) is 2.01. The summed E-state index contributed by atoms with van der Waals surface area (Å²) >= 11 is 0. The zero-order valence-corrected chi connectivity index (χ0v) is 11.1. The smallest absolute Gasteiger partial charge is 0.308 e. The van der Waals surface area contributed by atoms with Crippen molar-refractivity contribution in [1.29, 1.82) is 0 Å². The highest BCUT2D eigenvalue weighted by atomic mass is 32.2. The van der Waals surface area contributed by atoms with Gasteiger partial charge in [-0.25, -0.2) is 8.42 Å². The number of carbonyl (C=O) groups is 1. The molecule has 1 aliphatic rings. The van der Waals surface area contributed by atoms with E-state index in [4.69, 9.17) is 5.11 Å². The third-order valence-electron chi connectivity index (χ3n) is 3.51. The van der Waals surface area contributed by atoms with E-state index in [0.717, 1.165) is 23.8 Å². The van der Waals surface area contributed by atoms with Gasteiger partial charge in [0.05, 0.1) is 11.2 Å². The van der Waals surface area contributed by atoms with Crippen LogP contribution in [0.25, 0.3) is 0 Å². The Hall–Kier alpha value is -1.36. The molecule has 1 aliphatic carbocycles. The van der Waals surface area contributed by atoms with E-state index in [-0.39, 0.29) is 0 Å². The summed E-state index contributed by atoms with van der Waals surface area (Å²) < 4.78 is 23.1. The second kappa shape index (κ2) is 4.39. The summed E-state index contributed by atoms with van der Waals surface area (Å²) in [4.78, 5) is 11.1. The molecule has 4 nitrogen and oxygen atoms in total. The summed E-state index contributed by atoms with van der Waals surface area (Å²) in [7, 11) is -3.32. The van der Waals surface area contributed by atoms with Crippen molar-refractivity contribution in [3.63, 3.8) is 0 Å². The van der Waals surface area contributed by atoms with Gasteiger partial charge < -0.3 is 5.11 Å². The molecule has 0 heterocycles. The lowest BCUT2D eigenvalue weighted by Gasteiger charge is -2.01. The van der Waals surface area contributed by atoms with Gasteiger partial charge in [-0.1, -0.05) is 31.2 Å². The fraction of sp³-hybridized carbons (Fsp3) is 0.462. The van der Waals surface area contributed by atoms with Crippen molar-refractivity contribution >= 4 is 15.8 Å². The van der Waals surface area contributed by atoms with Crippen molar-refractivity contribution < 1.29 is 18.3 Å². The highest BCUT2D eigenvalue weighted by molar-refractivity contribution is 7.91. The first-order valence-corrected chi connectivity index (χ1v) is 7.82. The van der Waals surface area contributed by atoms with Gasteiger partial charge in [0, 0.05) is 12.2 Å². The fourth-order valence-corrected chi connectivity index (χ4v) is 4.07. The Bertz CT molecular complexity index is 559. The van der Waals surface area contributed by atoms with Crippen LogP contribution < -0.4 is 0 Å². The van der Waals surface area contributed by atoms with Gasteiger partial charge in [0.15, 0.2) is 9.84 Å². The van der Waals surface area contributed by atoms with Gasteiger partial charge in [-0.2, -0.15) is 0 Å². The first-order valence-electron chi connectivity index (χ1n) is 5.86. The molecular formula is C13H16O4S. The van der Waals surface area contributed by atoms with Crippen molar-refractivity contribution in [2.24, 2.45) is 5.92 Å². The summed E-state index contributed by atoms with van der Waals surface area (Å²) in [5.41, 5.74) is 1.96.